The van der Waals surface area contributed by atoms with Crippen molar-refractivity contribution in [1.29, 1.82) is 0 Å². The Kier molecular flexibility index (Phi) is 10.1. The third-order valence-electron chi connectivity index (χ3n) is 12.5. The second kappa shape index (κ2) is 13.2. The van der Waals surface area contributed by atoms with Gasteiger partial charge in [-0.3, -0.25) is 9.59 Å². The van der Waals surface area contributed by atoms with Gasteiger partial charge in [-0.25, -0.2) is 0 Å². The van der Waals surface area contributed by atoms with E-state index in [0.717, 1.165) is 44.9 Å². The predicted molar refractivity (Wildman–Crippen MR) is 169 cm³/mol. The third-order valence-corrected chi connectivity index (χ3v) is 12.5. The van der Waals surface area contributed by atoms with E-state index in [0.29, 0.717) is 29.6 Å². The maximum absolute atomic E-state index is 11.8. The predicted octanol–water partition coefficient (Wildman–Crippen LogP) is 7.30. The van der Waals surface area contributed by atoms with Crippen LogP contribution in [0.15, 0.2) is 23.8 Å². The summed E-state index contributed by atoms with van der Waals surface area (Å²) in [6.07, 6.45) is 16.6. The van der Waals surface area contributed by atoms with Crippen molar-refractivity contribution in [3.63, 3.8) is 0 Å². The van der Waals surface area contributed by atoms with Gasteiger partial charge in [0.15, 0.2) is 6.29 Å². The molecular formula is C37H58O7. The van der Waals surface area contributed by atoms with Crippen LogP contribution in [0.1, 0.15) is 119 Å². The number of hydrogen-bond acceptors (Lipinski definition) is 7. The van der Waals surface area contributed by atoms with Crippen LogP contribution in [0.4, 0.5) is 0 Å². The summed E-state index contributed by atoms with van der Waals surface area (Å²) < 4.78 is 23.2. The summed E-state index contributed by atoms with van der Waals surface area (Å²) >= 11 is 0. The molecule has 4 aliphatic carbocycles. The van der Waals surface area contributed by atoms with Crippen molar-refractivity contribution in [3.05, 3.63) is 23.8 Å². The molecule has 0 aromatic heterocycles. The fraction of sp³-hybridized carbons (Fsp3) is 0.838. The van der Waals surface area contributed by atoms with E-state index >= 15 is 0 Å². The number of allylic oxidation sites excluding steroid dienone is 1. The molecule has 0 amide bonds. The highest BCUT2D eigenvalue weighted by atomic mass is 16.7. The average molecular weight is 615 g/mol. The molecule has 1 unspecified atom stereocenters. The topological polar surface area (TPSA) is 91.3 Å². The first-order valence-electron chi connectivity index (χ1n) is 17.4. The Hall–Kier alpha value is -1.70. The van der Waals surface area contributed by atoms with Crippen molar-refractivity contribution >= 4 is 11.9 Å². The van der Waals surface area contributed by atoms with Crippen molar-refractivity contribution in [3.8, 4) is 0 Å². The molecule has 1 N–H and O–H groups in total. The van der Waals surface area contributed by atoms with Gasteiger partial charge < -0.3 is 24.1 Å². The summed E-state index contributed by atoms with van der Waals surface area (Å²) in [4.78, 5) is 23.0. The first-order chi connectivity index (χ1) is 20.7. The van der Waals surface area contributed by atoms with Gasteiger partial charge in [-0.15, -0.1) is 0 Å². The molecule has 0 radical (unpaired) electrons. The number of carbonyl (C=O) groups is 2. The normalized spacial score (nSPS) is 41.2. The molecule has 11 atom stereocenters. The van der Waals surface area contributed by atoms with Crippen molar-refractivity contribution in [2.75, 3.05) is 6.61 Å². The Labute approximate surface area is 265 Å². The number of fused-ring (bicyclic) bond motifs is 5. The Balaban J connectivity index is 1.23. The van der Waals surface area contributed by atoms with Gasteiger partial charge >= 0.3 is 11.9 Å². The Bertz CT molecular complexity index is 1110. The van der Waals surface area contributed by atoms with Crippen molar-refractivity contribution in [2.24, 2.45) is 40.4 Å². The van der Waals surface area contributed by atoms with Gasteiger partial charge in [0.25, 0.3) is 0 Å². The lowest BCUT2D eigenvalue weighted by molar-refractivity contribution is -0.213. The van der Waals surface area contributed by atoms with E-state index < -0.39 is 36.0 Å². The molecule has 3 saturated carbocycles. The monoisotopic (exact) mass is 614 g/mol. The standard InChI is InChI=1S/C37H58O7/c1-23(2)9-8-18-37(7,40)33-14-12-29-28-11-10-26-21-27(16-19-35(26,5)30(28)17-20-36(29,33)6)43-34-15-13-31(42-25(4)39)32(44-34)22-41-24(3)38/h10,13,15,23,27-34,40H,8-9,11-12,14,16-22H2,1-7H3/t27-,28-,29-,30-,31-,32+,33-,34?,35-,36-,37-/m0/s1. The smallest absolute Gasteiger partial charge is 0.303 e. The largest absolute Gasteiger partial charge is 0.463 e. The van der Waals surface area contributed by atoms with E-state index in [1.54, 1.807) is 11.6 Å². The molecule has 1 aliphatic heterocycles. The number of esters is 2. The first kappa shape index (κ1) is 33.7. The Morgan fingerprint density at radius 2 is 1.84 bits per heavy atom. The molecule has 0 bridgehead atoms. The number of ether oxygens (including phenoxy) is 4. The Morgan fingerprint density at radius 1 is 1.07 bits per heavy atom. The maximum atomic E-state index is 11.8. The van der Waals surface area contributed by atoms with Crippen molar-refractivity contribution < 1.29 is 33.6 Å². The zero-order valence-electron chi connectivity index (χ0n) is 28.3. The molecule has 7 heteroatoms. The third kappa shape index (κ3) is 6.85. The molecule has 7 nitrogen and oxygen atoms in total. The highest BCUT2D eigenvalue weighted by molar-refractivity contribution is 5.66. The Morgan fingerprint density at radius 3 is 2.55 bits per heavy atom. The second-order valence-corrected chi connectivity index (χ2v) is 15.9. The van der Waals surface area contributed by atoms with E-state index in [1.165, 1.54) is 39.5 Å². The molecule has 5 rings (SSSR count). The number of aliphatic hydroxyl groups is 1. The fourth-order valence-corrected chi connectivity index (χ4v) is 10.3. The van der Waals surface area contributed by atoms with Crippen LogP contribution in [0.5, 0.6) is 0 Å². The van der Waals surface area contributed by atoms with Crippen LogP contribution in [0.25, 0.3) is 0 Å². The van der Waals surface area contributed by atoms with Gasteiger partial charge in [0.1, 0.15) is 18.8 Å². The molecule has 0 saturated heterocycles. The zero-order valence-corrected chi connectivity index (χ0v) is 28.3. The van der Waals surface area contributed by atoms with Crippen molar-refractivity contribution in [1.82, 2.24) is 0 Å². The highest BCUT2D eigenvalue weighted by Gasteiger charge is 2.61. The van der Waals surface area contributed by atoms with Crippen molar-refractivity contribution in [2.45, 2.75) is 149 Å². The molecule has 0 aromatic carbocycles. The zero-order chi connectivity index (χ0) is 31.9. The SMILES string of the molecule is CC(=O)OC[C@H]1OC(O[C@H]2CC[C@@]3(C)C(=CC[C@H]4[C@@H]5CC[C@H]([C@@](C)(O)CCCC(C)C)[C@@]5(C)CC[C@@H]43)C2)C=C[C@@H]1OC(C)=O. The molecule has 5 aliphatic rings. The van der Waals surface area contributed by atoms with Gasteiger partial charge in [-0.1, -0.05) is 52.2 Å². The molecule has 1 heterocycles. The van der Waals surface area contributed by atoms with Crippen LogP contribution in [-0.2, 0) is 28.5 Å². The van der Waals surface area contributed by atoms with Gasteiger partial charge in [-0.05, 0) is 117 Å². The fourth-order valence-electron chi connectivity index (χ4n) is 10.3. The number of hydrogen-bond donors (Lipinski definition) is 1. The van der Waals surface area contributed by atoms with Gasteiger partial charge in [0.05, 0.1) is 11.7 Å². The minimum atomic E-state index is -0.616. The van der Waals surface area contributed by atoms with E-state index in [9.17, 15) is 14.7 Å². The molecule has 248 valence electrons. The lowest BCUT2D eigenvalue weighted by Crippen LogP contribution is -2.53. The van der Waals surface area contributed by atoms with Gasteiger partial charge in [-0.2, -0.15) is 0 Å². The van der Waals surface area contributed by atoms with Gasteiger partial charge in [0.2, 0.25) is 0 Å². The van der Waals surface area contributed by atoms with Crippen LogP contribution < -0.4 is 0 Å². The summed E-state index contributed by atoms with van der Waals surface area (Å²) in [6, 6.07) is 0. The summed E-state index contributed by atoms with van der Waals surface area (Å²) in [7, 11) is 0. The molecular weight excluding hydrogens is 556 g/mol. The van der Waals surface area contributed by atoms with Crippen LogP contribution in [-0.4, -0.2) is 53.9 Å². The quantitative estimate of drug-likeness (QED) is 0.204. The summed E-state index contributed by atoms with van der Waals surface area (Å²) in [5.41, 5.74) is 1.39. The molecule has 0 aromatic rings. The summed E-state index contributed by atoms with van der Waals surface area (Å²) in [5.74, 6) is 2.34. The van der Waals surface area contributed by atoms with E-state index in [1.807, 2.05) is 6.08 Å². The molecule has 44 heavy (non-hydrogen) atoms. The number of rotatable bonds is 10. The first-order valence-corrected chi connectivity index (χ1v) is 17.4. The molecule has 0 spiro atoms. The summed E-state index contributed by atoms with van der Waals surface area (Å²) in [6.45, 7) is 14.4. The van der Waals surface area contributed by atoms with Gasteiger partial charge in [0, 0.05) is 13.8 Å². The lowest BCUT2D eigenvalue weighted by atomic mass is 9.46. The van der Waals surface area contributed by atoms with Crippen LogP contribution in [0.2, 0.25) is 0 Å². The highest BCUT2D eigenvalue weighted by Crippen LogP contribution is 2.67. The van der Waals surface area contributed by atoms with Crippen LogP contribution in [0.3, 0.4) is 0 Å². The van der Waals surface area contributed by atoms with Crippen LogP contribution >= 0.6 is 0 Å². The number of carbonyl (C=O) groups excluding carboxylic acids is 2. The average Bonchev–Trinajstić information content (AvgIpc) is 3.31. The van der Waals surface area contributed by atoms with E-state index in [4.69, 9.17) is 18.9 Å². The maximum Gasteiger partial charge on any atom is 0.303 e. The molecule has 3 fully saturated rings. The van der Waals surface area contributed by atoms with E-state index in [2.05, 4.69) is 40.7 Å². The van der Waals surface area contributed by atoms with Crippen LogP contribution in [0, 0.1) is 40.4 Å². The van der Waals surface area contributed by atoms with E-state index in [-0.39, 0.29) is 23.5 Å². The lowest BCUT2D eigenvalue weighted by Gasteiger charge is -2.59. The minimum Gasteiger partial charge on any atom is -0.463 e. The minimum absolute atomic E-state index is 0.00274. The second-order valence-electron chi connectivity index (χ2n) is 15.9. The summed E-state index contributed by atoms with van der Waals surface area (Å²) in [5, 5.41) is 11.8.